The molecule has 2 aliphatic carbocycles. The van der Waals surface area contributed by atoms with Crippen molar-refractivity contribution in [2.75, 3.05) is 11.6 Å². The topological polar surface area (TPSA) is 90.3 Å². The summed E-state index contributed by atoms with van der Waals surface area (Å²) >= 11 is 1.51. The monoisotopic (exact) mass is 349 g/mol. The van der Waals surface area contributed by atoms with E-state index in [0.717, 1.165) is 44.9 Å². The van der Waals surface area contributed by atoms with Crippen LogP contribution in [0.2, 0.25) is 0 Å². The van der Waals surface area contributed by atoms with E-state index in [9.17, 15) is 19.6 Å². The van der Waals surface area contributed by atoms with E-state index in [1.54, 1.807) is 4.90 Å². The van der Waals surface area contributed by atoms with Crippen molar-refractivity contribution in [3.63, 3.8) is 0 Å². The minimum Gasteiger partial charge on any atom is -0.352 e. The first-order valence-corrected chi connectivity index (χ1v) is 9.89. The summed E-state index contributed by atoms with van der Waals surface area (Å²) < 4.78 is 0. The van der Waals surface area contributed by atoms with Crippen LogP contribution in [0.4, 0.5) is 0 Å². The molecule has 0 aromatic heterocycles. The Bertz CT molecular complexity index is 564. The van der Waals surface area contributed by atoms with E-state index < -0.39 is 23.7 Å². The number of ketones is 1. The van der Waals surface area contributed by atoms with Crippen molar-refractivity contribution in [3.05, 3.63) is 0 Å². The fourth-order valence-corrected chi connectivity index (χ4v) is 4.76. The zero-order chi connectivity index (χ0) is 17.1. The number of thioether (sulfide) groups is 1. The van der Waals surface area contributed by atoms with Gasteiger partial charge in [0.2, 0.25) is 11.8 Å². The predicted molar refractivity (Wildman–Crippen MR) is 89.8 cm³/mol. The molecule has 1 saturated heterocycles. The van der Waals surface area contributed by atoms with Crippen LogP contribution in [-0.2, 0) is 14.4 Å². The third kappa shape index (κ3) is 3.44. The number of nitriles is 1. The molecule has 2 atom stereocenters. The fraction of sp³-hybridized carbons (Fsp3) is 0.765. The highest BCUT2D eigenvalue weighted by Crippen LogP contribution is 2.33. The van der Waals surface area contributed by atoms with Gasteiger partial charge in [-0.2, -0.15) is 5.26 Å². The van der Waals surface area contributed by atoms with Crippen molar-refractivity contribution in [1.29, 1.82) is 5.26 Å². The molecule has 1 heterocycles. The third-order valence-electron chi connectivity index (χ3n) is 5.33. The number of rotatable bonds is 5. The first-order valence-electron chi connectivity index (χ1n) is 8.73. The van der Waals surface area contributed by atoms with Gasteiger partial charge in [-0.05, 0) is 25.7 Å². The van der Waals surface area contributed by atoms with Gasteiger partial charge in [0, 0.05) is 17.7 Å². The van der Waals surface area contributed by atoms with E-state index in [-0.39, 0.29) is 17.9 Å². The molecule has 130 valence electrons. The standard InChI is InChI=1S/C17H23N3O3S/c18-8-13(16(22)19-12-6-1-2-7-12)15(21)14-9-24-10-20(14)17(23)11-4-3-5-11/h11-14H,1-7,9-10H2,(H,19,22)/t13-,14+/m1/s1. The minimum absolute atomic E-state index is 0.0116. The maximum Gasteiger partial charge on any atom is 0.245 e. The molecule has 1 aliphatic heterocycles. The van der Waals surface area contributed by atoms with E-state index in [1.165, 1.54) is 11.8 Å². The number of hydrogen-bond acceptors (Lipinski definition) is 5. The summed E-state index contributed by atoms with van der Waals surface area (Å²) in [5, 5.41) is 12.2. The number of Topliss-reactive ketones (excluding diaryl/α,β-unsaturated/α-hetero) is 1. The second-order valence-electron chi connectivity index (χ2n) is 6.91. The van der Waals surface area contributed by atoms with E-state index in [1.807, 2.05) is 6.07 Å². The van der Waals surface area contributed by atoms with Crippen molar-refractivity contribution in [3.8, 4) is 6.07 Å². The highest BCUT2D eigenvalue weighted by Gasteiger charge is 2.43. The quantitative estimate of drug-likeness (QED) is 0.759. The Morgan fingerprint density at radius 3 is 2.42 bits per heavy atom. The molecule has 3 fully saturated rings. The van der Waals surface area contributed by atoms with Gasteiger partial charge in [0.25, 0.3) is 0 Å². The summed E-state index contributed by atoms with van der Waals surface area (Å²) in [5.41, 5.74) is 0. The molecule has 0 bridgehead atoms. The molecule has 3 rings (SSSR count). The maximum atomic E-state index is 12.7. The lowest BCUT2D eigenvalue weighted by molar-refractivity contribution is -0.145. The molecule has 0 unspecified atom stereocenters. The Hall–Kier alpha value is -1.55. The Labute approximate surface area is 146 Å². The summed E-state index contributed by atoms with van der Waals surface area (Å²) in [4.78, 5) is 39.2. The van der Waals surface area contributed by atoms with E-state index in [4.69, 9.17) is 0 Å². The van der Waals surface area contributed by atoms with Crippen molar-refractivity contribution in [2.24, 2.45) is 11.8 Å². The zero-order valence-electron chi connectivity index (χ0n) is 13.7. The van der Waals surface area contributed by atoms with Crippen LogP contribution >= 0.6 is 11.8 Å². The molecule has 2 saturated carbocycles. The van der Waals surface area contributed by atoms with Crippen LogP contribution in [0.5, 0.6) is 0 Å². The number of carbonyl (C=O) groups excluding carboxylic acids is 3. The average molecular weight is 349 g/mol. The molecule has 2 amide bonds. The number of nitrogens with zero attached hydrogens (tertiary/aromatic N) is 2. The maximum absolute atomic E-state index is 12.7. The molecule has 0 spiro atoms. The van der Waals surface area contributed by atoms with Gasteiger partial charge < -0.3 is 10.2 Å². The van der Waals surface area contributed by atoms with Gasteiger partial charge in [0.05, 0.1) is 11.9 Å². The smallest absolute Gasteiger partial charge is 0.245 e. The van der Waals surface area contributed by atoms with Crippen LogP contribution in [0.15, 0.2) is 0 Å². The van der Waals surface area contributed by atoms with Crippen LogP contribution < -0.4 is 5.32 Å². The Kier molecular flexibility index (Phi) is 5.44. The van der Waals surface area contributed by atoms with Gasteiger partial charge in [-0.1, -0.05) is 19.3 Å². The normalized spacial score (nSPS) is 25.8. The SMILES string of the molecule is N#C[C@@H](C(=O)NC1CCCC1)C(=O)[C@@H]1CSCN1C(=O)C1CCC1. The summed E-state index contributed by atoms with van der Waals surface area (Å²) in [6, 6.07) is 1.30. The average Bonchev–Trinajstić information content (AvgIpc) is 3.16. The summed E-state index contributed by atoms with van der Waals surface area (Å²) in [6.45, 7) is 0. The minimum atomic E-state index is -1.31. The van der Waals surface area contributed by atoms with Gasteiger partial charge in [-0.3, -0.25) is 14.4 Å². The molecule has 7 heteroatoms. The number of nitrogens with one attached hydrogen (secondary N) is 1. The fourth-order valence-electron chi connectivity index (χ4n) is 3.58. The molecule has 3 aliphatic rings. The molecule has 24 heavy (non-hydrogen) atoms. The second kappa shape index (κ2) is 7.56. The number of carbonyl (C=O) groups is 3. The lowest BCUT2D eigenvalue weighted by Crippen LogP contribution is -2.50. The van der Waals surface area contributed by atoms with Gasteiger partial charge in [0.15, 0.2) is 11.7 Å². The molecular formula is C17H23N3O3S. The number of hydrogen-bond donors (Lipinski definition) is 1. The molecular weight excluding hydrogens is 326 g/mol. The summed E-state index contributed by atoms with van der Waals surface area (Å²) in [6.07, 6.45) is 6.77. The largest absolute Gasteiger partial charge is 0.352 e. The predicted octanol–water partition coefficient (Wildman–Crippen LogP) is 1.46. The first kappa shape index (κ1) is 17.3. The third-order valence-corrected chi connectivity index (χ3v) is 6.34. The first-order chi connectivity index (χ1) is 11.6. The highest BCUT2D eigenvalue weighted by atomic mass is 32.2. The van der Waals surface area contributed by atoms with Gasteiger partial charge >= 0.3 is 0 Å². The van der Waals surface area contributed by atoms with Crippen LogP contribution in [0.3, 0.4) is 0 Å². The van der Waals surface area contributed by atoms with E-state index >= 15 is 0 Å². The molecule has 6 nitrogen and oxygen atoms in total. The highest BCUT2D eigenvalue weighted by molar-refractivity contribution is 7.99. The van der Waals surface area contributed by atoms with Crippen molar-refractivity contribution >= 4 is 29.4 Å². The lowest BCUT2D eigenvalue weighted by atomic mass is 9.84. The van der Waals surface area contributed by atoms with Crippen molar-refractivity contribution < 1.29 is 14.4 Å². The van der Waals surface area contributed by atoms with E-state index in [0.29, 0.717) is 11.6 Å². The molecule has 0 radical (unpaired) electrons. The van der Waals surface area contributed by atoms with Crippen molar-refractivity contribution in [2.45, 2.75) is 57.0 Å². The Balaban J connectivity index is 1.64. The number of amides is 2. The van der Waals surface area contributed by atoms with Crippen LogP contribution in [0.25, 0.3) is 0 Å². The van der Waals surface area contributed by atoms with Crippen LogP contribution in [0, 0.1) is 23.2 Å². The van der Waals surface area contributed by atoms with E-state index in [2.05, 4.69) is 5.32 Å². The van der Waals surface area contributed by atoms with Gasteiger partial charge in [-0.25, -0.2) is 0 Å². The second-order valence-corrected chi connectivity index (χ2v) is 7.91. The van der Waals surface area contributed by atoms with Gasteiger partial charge in [0.1, 0.15) is 6.04 Å². The zero-order valence-corrected chi connectivity index (χ0v) is 14.5. The molecule has 0 aromatic carbocycles. The molecule has 0 aromatic rings. The van der Waals surface area contributed by atoms with Crippen molar-refractivity contribution in [1.82, 2.24) is 10.2 Å². The summed E-state index contributed by atoms with van der Waals surface area (Å²) in [5.74, 6) is -1.25. The Morgan fingerprint density at radius 1 is 1.12 bits per heavy atom. The molecule has 1 N–H and O–H groups in total. The Morgan fingerprint density at radius 2 is 1.83 bits per heavy atom. The van der Waals surface area contributed by atoms with Crippen LogP contribution in [-0.4, -0.2) is 46.2 Å². The van der Waals surface area contributed by atoms with Gasteiger partial charge in [-0.15, -0.1) is 11.8 Å². The van der Waals surface area contributed by atoms with Crippen LogP contribution in [0.1, 0.15) is 44.9 Å². The summed E-state index contributed by atoms with van der Waals surface area (Å²) in [7, 11) is 0. The lowest BCUT2D eigenvalue weighted by Gasteiger charge is -2.32.